The molecule has 4 rings (SSSR count). The number of ketones is 1. The van der Waals surface area contributed by atoms with Gasteiger partial charge >= 0.3 is 0 Å². The number of carbonyl (C=O) groups excluding carboxylic acids is 1. The third kappa shape index (κ3) is 3.85. The van der Waals surface area contributed by atoms with Crippen molar-refractivity contribution in [3.8, 4) is 0 Å². The highest BCUT2D eigenvalue weighted by atomic mass is 16.1. The third-order valence-electron chi connectivity index (χ3n) is 5.13. The molecule has 0 aliphatic carbocycles. The van der Waals surface area contributed by atoms with E-state index in [4.69, 9.17) is 0 Å². The molecule has 0 saturated heterocycles. The van der Waals surface area contributed by atoms with Crippen LogP contribution >= 0.6 is 0 Å². The van der Waals surface area contributed by atoms with Crippen LogP contribution in [0, 0.1) is 6.92 Å². The highest BCUT2D eigenvalue weighted by Gasteiger charge is 2.29. The van der Waals surface area contributed by atoms with Crippen molar-refractivity contribution in [2.24, 2.45) is 0 Å². The second-order valence-electron chi connectivity index (χ2n) is 7.12. The van der Waals surface area contributed by atoms with Crippen molar-refractivity contribution < 1.29 is 4.79 Å². The lowest BCUT2D eigenvalue weighted by Gasteiger charge is -2.35. The van der Waals surface area contributed by atoms with Gasteiger partial charge in [0.15, 0.2) is 5.78 Å². The maximum Gasteiger partial charge on any atom is 0.167 e. The lowest BCUT2D eigenvalue weighted by molar-refractivity contribution is -0.115. The Kier molecular flexibility index (Phi) is 4.88. The van der Waals surface area contributed by atoms with Crippen LogP contribution in [0.25, 0.3) is 5.57 Å². The molecule has 0 fully saturated rings. The molecule has 0 aromatic heterocycles. The van der Waals surface area contributed by atoms with Crippen molar-refractivity contribution in [3.05, 3.63) is 113 Å². The molecule has 0 spiro atoms. The van der Waals surface area contributed by atoms with Gasteiger partial charge in [-0.2, -0.15) is 0 Å². The van der Waals surface area contributed by atoms with Gasteiger partial charge in [0.25, 0.3) is 0 Å². The lowest BCUT2D eigenvalue weighted by Crippen LogP contribution is -2.30. The summed E-state index contributed by atoms with van der Waals surface area (Å²) in [5.41, 5.74) is 5.42. The van der Waals surface area contributed by atoms with E-state index in [0.717, 1.165) is 17.7 Å². The average molecular weight is 353 g/mol. The summed E-state index contributed by atoms with van der Waals surface area (Å²) < 4.78 is 0. The molecule has 1 heterocycles. The SMILES string of the molecule is Cc1ccc(C2=CN(Cc3ccccc3)C(c3ccccc3)CC2=O)cc1. The zero-order valence-electron chi connectivity index (χ0n) is 15.5. The maximum absolute atomic E-state index is 13.0. The molecule has 0 saturated carbocycles. The Morgan fingerprint density at radius 2 is 1.48 bits per heavy atom. The van der Waals surface area contributed by atoms with E-state index in [2.05, 4.69) is 66.6 Å². The molecule has 0 radical (unpaired) electrons. The molecule has 1 aliphatic rings. The van der Waals surface area contributed by atoms with E-state index in [1.54, 1.807) is 0 Å². The van der Waals surface area contributed by atoms with E-state index in [9.17, 15) is 4.79 Å². The summed E-state index contributed by atoms with van der Waals surface area (Å²) >= 11 is 0. The second kappa shape index (κ2) is 7.63. The fraction of sp³-hybridized carbons (Fsp3) is 0.160. The van der Waals surface area contributed by atoms with Crippen molar-refractivity contribution in [2.45, 2.75) is 25.9 Å². The minimum Gasteiger partial charge on any atom is -0.365 e. The molecular weight excluding hydrogens is 330 g/mol. The predicted molar refractivity (Wildman–Crippen MR) is 110 cm³/mol. The molecule has 2 nitrogen and oxygen atoms in total. The molecule has 3 aromatic carbocycles. The van der Waals surface area contributed by atoms with Crippen LogP contribution in [0.1, 0.15) is 34.7 Å². The number of aryl methyl sites for hydroxylation is 1. The zero-order valence-corrected chi connectivity index (χ0v) is 15.5. The van der Waals surface area contributed by atoms with E-state index in [1.807, 2.05) is 36.4 Å². The van der Waals surface area contributed by atoms with E-state index in [0.29, 0.717) is 6.42 Å². The Bertz CT molecular complexity index is 943. The molecule has 1 unspecified atom stereocenters. The van der Waals surface area contributed by atoms with E-state index < -0.39 is 0 Å². The monoisotopic (exact) mass is 353 g/mol. The maximum atomic E-state index is 13.0. The second-order valence-corrected chi connectivity index (χ2v) is 7.12. The van der Waals surface area contributed by atoms with Gasteiger partial charge in [0, 0.05) is 24.7 Å². The van der Waals surface area contributed by atoms with Crippen molar-refractivity contribution in [2.75, 3.05) is 0 Å². The first-order valence-corrected chi connectivity index (χ1v) is 9.37. The molecule has 0 bridgehead atoms. The highest BCUT2D eigenvalue weighted by molar-refractivity contribution is 6.21. The number of carbonyl (C=O) groups is 1. The van der Waals surface area contributed by atoms with Gasteiger partial charge in [-0.1, -0.05) is 90.5 Å². The van der Waals surface area contributed by atoms with Gasteiger partial charge in [-0.25, -0.2) is 0 Å². The van der Waals surface area contributed by atoms with E-state index in [1.165, 1.54) is 16.7 Å². The molecular formula is C25H23NO. The van der Waals surface area contributed by atoms with Crippen molar-refractivity contribution in [3.63, 3.8) is 0 Å². The standard InChI is InChI=1S/C25H23NO/c1-19-12-14-21(15-13-19)23-18-26(17-20-8-4-2-5-9-20)24(16-25(23)27)22-10-6-3-7-11-22/h2-15,18,24H,16-17H2,1H3. The van der Waals surface area contributed by atoms with Gasteiger partial charge in [-0.3, -0.25) is 4.79 Å². The molecule has 2 heteroatoms. The molecule has 0 amide bonds. The van der Waals surface area contributed by atoms with Crippen LogP contribution in [-0.4, -0.2) is 10.7 Å². The smallest absolute Gasteiger partial charge is 0.167 e. The van der Waals surface area contributed by atoms with Gasteiger partial charge in [-0.15, -0.1) is 0 Å². The number of benzene rings is 3. The Hall–Kier alpha value is -3.13. The molecule has 1 atom stereocenters. The molecule has 27 heavy (non-hydrogen) atoms. The summed E-state index contributed by atoms with van der Waals surface area (Å²) in [6.45, 7) is 2.84. The van der Waals surface area contributed by atoms with E-state index in [-0.39, 0.29) is 11.8 Å². The molecule has 134 valence electrons. The van der Waals surface area contributed by atoms with Crippen LogP contribution in [-0.2, 0) is 11.3 Å². The number of hydrogen-bond donors (Lipinski definition) is 0. The fourth-order valence-corrected chi connectivity index (χ4v) is 3.63. The Morgan fingerprint density at radius 3 is 2.15 bits per heavy atom. The molecule has 0 N–H and O–H groups in total. The van der Waals surface area contributed by atoms with Crippen LogP contribution in [0.2, 0.25) is 0 Å². The summed E-state index contributed by atoms with van der Waals surface area (Å²) in [7, 11) is 0. The van der Waals surface area contributed by atoms with Gasteiger partial charge < -0.3 is 4.90 Å². The minimum absolute atomic E-state index is 0.0631. The summed E-state index contributed by atoms with van der Waals surface area (Å²) in [4.78, 5) is 15.3. The Labute approximate surface area is 160 Å². The Balaban J connectivity index is 1.73. The van der Waals surface area contributed by atoms with Crippen LogP contribution in [0.5, 0.6) is 0 Å². The van der Waals surface area contributed by atoms with Gasteiger partial charge in [-0.05, 0) is 23.6 Å². The Morgan fingerprint density at radius 1 is 0.852 bits per heavy atom. The van der Waals surface area contributed by atoms with Crippen LogP contribution in [0.15, 0.2) is 91.1 Å². The van der Waals surface area contributed by atoms with Gasteiger partial charge in [0.2, 0.25) is 0 Å². The van der Waals surface area contributed by atoms with Gasteiger partial charge in [0.05, 0.1) is 6.04 Å². The first-order valence-electron chi connectivity index (χ1n) is 9.37. The minimum atomic E-state index is 0.0631. The first kappa shape index (κ1) is 17.3. The largest absolute Gasteiger partial charge is 0.365 e. The number of Topliss-reactive ketones (excluding diaryl/α,β-unsaturated/α-hetero) is 1. The van der Waals surface area contributed by atoms with Crippen molar-refractivity contribution in [1.29, 1.82) is 0 Å². The van der Waals surface area contributed by atoms with Crippen LogP contribution in [0.3, 0.4) is 0 Å². The number of rotatable bonds is 4. The van der Waals surface area contributed by atoms with Crippen LogP contribution < -0.4 is 0 Å². The number of hydrogen-bond acceptors (Lipinski definition) is 2. The van der Waals surface area contributed by atoms with Gasteiger partial charge in [0.1, 0.15) is 0 Å². The third-order valence-corrected chi connectivity index (χ3v) is 5.13. The topological polar surface area (TPSA) is 20.3 Å². The molecule has 1 aliphatic heterocycles. The van der Waals surface area contributed by atoms with Crippen molar-refractivity contribution >= 4 is 11.4 Å². The predicted octanol–water partition coefficient (Wildman–Crippen LogP) is 5.55. The molecule has 3 aromatic rings. The summed E-state index contributed by atoms with van der Waals surface area (Å²) in [5.74, 6) is 0.206. The highest BCUT2D eigenvalue weighted by Crippen LogP contribution is 2.35. The summed E-state index contributed by atoms with van der Waals surface area (Å²) in [6, 6.07) is 29.0. The number of allylic oxidation sites excluding steroid dienone is 1. The van der Waals surface area contributed by atoms with Crippen molar-refractivity contribution in [1.82, 2.24) is 4.90 Å². The first-order chi connectivity index (χ1) is 13.2. The zero-order chi connectivity index (χ0) is 18.6. The normalized spacial score (nSPS) is 16.9. The summed E-state index contributed by atoms with van der Waals surface area (Å²) in [6.07, 6.45) is 2.55. The van der Waals surface area contributed by atoms with E-state index >= 15 is 0 Å². The summed E-state index contributed by atoms with van der Waals surface area (Å²) in [5, 5.41) is 0. The number of nitrogens with zero attached hydrogens (tertiary/aromatic N) is 1. The fourth-order valence-electron chi connectivity index (χ4n) is 3.63. The quantitative estimate of drug-likeness (QED) is 0.613. The van der Waals surface area contributed by atoms with Crippen LogP contribution in [0.4, 0.5) is 0 Å². The average Bonchev–Trinajstić information content (AvgIpc) is 2.71. The lowest BCUT2D eigenvalue weighted by atomic mass is 9.89.